The van der Waals surface area contributed by atoms with E-state index in [2.05, 4.69) is 0 Å². The molecule has 1 aromatic heterocycles. The maximum Gasteiger partial charge on any atom is 0.328 e. The number of carbonyl (C=O) groups is 1. The van der Waals surface area contributed by atoms with Gasteiger partial charge in [0.15, 0.2) is 0 Å². The van der Waals surface area contributed by atoms with Gasteiger partial charge in [0.2, 0.25) is 0 Å². The molecule has 0 bridgehead atoms. The highest BCUT2D eigenvalue weighted by molar-refractivity contribution is 7.07. The van der Waals surface area contributed by atoms with Gasteiger partial charge in [0.1, 0.15) is 12.4 Å². The van der Waals surface area contributed by atoms with Gasteiger partial charge in [-0.3, -0.25) is 4.79 Å². The number of rotatable bonds is 6. The number of aliphatic carboxylic acids is 1. The van der Waals surface area contributed by atoms with Crippen LogP contribution in [0.5, 0.6) is 5.75 Å². The zero-order valence-electron chi connectivity index (χ0n) is 10.6. The Morgan fingerprint density at radius 1 is 1.35 bits per heavy atom. The van der Waals surface area contributed by atoms with Crippen LogP contribution in [0.4, 0.5) is 0 Å². The highest BCUT2D eigenvalue weighted by atomic mass is 32.1. The second-order valence-electron chi connectivity index (χ2n) is 3.95. The Bertz CT molecular complexity index is 654. The SMILES string of the molecule is O=C(O)C=Cc1ccc(OCCn2ccsc2=O)cc1. The van der Waals surface area contributed by atoms with Crippen molar-refractivity contribution in [1.29, 1.82) is 0 Å². The number of ether oxygens (including phenoxy) is 1. The summed E-state index contributed by atoms with van der Waals surface area (Å²) in [6.07, 6.45) is 4.33. The minimum absolute atomic E-state index is 0.00255. The molecule has 0 aliphatic heterocycles. The summed E-state index contributed by atoms with van der Waals surface area (Å²) in [4.78, 5) is 21.7. The Morgan fingerprint density at radius 2 is 2.10 bits per heavy atom. The summed E-state index contributed by atoms with van der Waals surface area (Å²) in [6, 6.07) is 7.06. The maximum absolute atomic E-state index is 11.3. The van der Waals surface area contributed by atoms with Crippen molar-refractivity contribution in [3.05, 3.63) is 57.1 Å². The standard InChI is InChI=1S/C14H13NO4S/c16-13(17)6-3-11-1-4-12(5-2-11)19-9-7-15-8-10-20-14(15)18/h1-6,8,10H,7,9H2,(H,16,17). The van der Waals surface area contributed by atoms with Gasteiger partial charge in [0.25, 0.3) is 0 Å². The van der Waals surface area contributed by atoms with Crippen LogP contribution in [0.2, 0.25) is 0 Å². The van der Waals surface area contributed by atoms with Gasteiger partial charge < -0.3 is 14.4 Å². The molecular formula is C14H13NO4S. The van der Waals surface area contributed by atoms with Crippen LogP contribution in [0.1, 0.15) is 5.56 Å². The molecule has 5 nitrogen and oxygen atoms in total. The van der Waals surface area contributed by atoms with E-state index < -0.39 is 5.97 Å². The van der Waals surface area contributed by atoms with Gasteiger partial charge >= 0.3 is 10.8 Å². The first kappa shape index (κ1) is 14.1. The first-order valence-corrected chi connectivity index (χ1v) is 6.81. The smallest absolute Gasteiger partial charge is 0.328 e. The first-order chi connectivity index (χ1) is 9.65. The molecule has 0 saturated carbocycles. The monoisotopic (exact) mass is 291 g/mol. The van der Waals surface area contributed by atoms with Crippen molar-refractivity contribution in [2.45, 2.75) is 6.54 Å². The zero-order chi connectivity index (χ0) is 14.4. The number of carboxylic acids is 1. The minimum atomic E-state index is -0.980. The Labute approximate surface area is 119 Å². The largest absolute Gasteiger partial charge is 0.492 e. The summed E-state index contributed by atoms with van der Waals surface area (Å²) in [7, 11) is 0. The van der Waals surface area contributed by atoms with Crippen molar-refractivity contribution in [1.82, 2.24) is 4.57 Å². The molecule has 0 radical (unpaired) electrons. The molecule has 6 heteroatoms. The average Bonchev–Trinajstić information content (AvgIpc) is 2.83. The topological polar surface area (TPSA) is 68.5 Å². The van der Waals surface area contributed by atoms with Crippen LogP contribution in [0, 0.1) is 0 Å². The van der Waals surface area contributed by atoms with Crippen LogP contribution in [0.25, 0.3) is 6.08 Å². The van der Waals surface area contributed by atoms with E-state index in [-0.39, 0.29) is 4.87 Å². The molecule has 0 unspecified atom stereocenters. The molecule has 0 atom stereocenters. The fraction of sp³-hybridized carbons (Fsp3) is 0.143. The fourth-order valence-electron chi connectivity index (χ4n) is 1.56. The average molecular weight is 291 g/mol. The molecule has 104 valence electrons. The van der Waals surface area contributed by atoms with Crippen LogP contribution in [-0.2, 0) is 11.3 Å². The zero-order valence-corrected chi connectivity index (χ0v) is 11.4. The molecule has 2 rings (SSSR count). The van der Waals surface area contributed by atoms with Crippen molar-refractivity contribution in [2.75, 3.05) is 6.61 Å². The van der Waals surface area contributed by atoms with Crippen molar-refractivity contribution in [3.63, 3.8) is 0 Å². The Morgan fingerprint density at radius 3 is 2.70 bits per heavy atom. The molecule has 1 heterocycles. The Kier molecular flexibility index (Phi) is 4.73. The fourth-order valence-corrected chi connectivity index (χ4v) is 2.17. The molecule has 0 saturated heterocycles. The normalized spacial score (nSPS) is 10.8. The summed E-state index contributed by atoms with van der Waals surface area (Å²) < 4.78 is 7.11. The van der Waals surface area contributed by atoms with E-state index in [1.807, 2.05) is 0 Å². The van der Waals surface area contributed by atoms with Crippen molar-refractivity contribution in [2.24, 2.45) is 0 Å². The van der Waals surface area contributed by atoms with E-state index in [9.17, 15) is 9.59 Å². The second kappa shape index (κ2) is 6.72. The molecular weight excluding hydrogens is 278 g/mol. The van der Waals surface area contributed by atoms with Crippen LogP contribution < -0.4 is 9.61 Å². The summed E-state index contributed by atoms with van der Waals surface area (Å²) in [5, 5.41) is 10.3. The maximum atomic E-state index is 11.3. The van der Waals surface area contributed by atoms with E-state index in [0.717, 1.165) is 23.0 Å². The van der Waals surface area contributed by atoms with Crippen molar-refractivity contribution >= 4 is 23.4 Å². The molecule has 0 spiro atoms. The summed E-state index contributed by atoms with van der Waals surface area (Å²) in [5.74, 6) is -0.299. The summed E-state index contributed by atoms with van der Waals surface area (Å²) >= 11 is 1.16. The van der Waals surface area contributed by atoms with Gasteiger partial charge in [-0.1, -0.05) is 23.5 Å². The molecule has 1 aromatic carbocycles. The second-order valence-corrected chi connectivity index (χ2v) is 4.81. The molecule has 0 aliphatic carbocycles. The first-order valence-electron chi connectivity index (χ1n) is 5.93. The lowest BCUT2D eigenvalue weighted by Crippen LogP contribution is -2.16. The van der Waals surface area contributed by atoms with Crippen molar-refractivity contribution in [3.8, 4) is 5.75 Å². The lowest BCUT2D eigenvalue weighted by atomic mass is 10.2. The molecule has 0 fully saturated rings. The van der Waals surface area contributed by atoms with Crippen LogP contribution in [0.3, 0.4) is 0 Å². The number of thiazole rings is 1. The van der Waals surface area contributed by atoms with Gasteiger partial charge in [-0.2, -0.15) is 0 Å². The molecule has 2 aromatic rings. The number of carboxylic acid groups (broad SMARTS) is 1. The van der Waals surface area contributed by atoms with E-state index >= 15 is 0 Å². The van der Waals surface area contributed by atoms with Crippen LogP contribution >= 0.6 is 11.3 Å². The van der Waals surface area contributed by atoms with Gasteiger partial charge in [-0.25, -0.2) is 4.79 Å². The summed E-state index contributed by atoms with van der Waals surface area (Å²) in [6.45, 7) is 0.907. The van der Waals surface area contributed by atoms with E-state index in [0.29, 0.717) is 18.9 Å². The third-order valence-corrected chi connectivity index (χ3v) is 3.24. The molecule has 0 amide bonds. The number of nitrogens with zero attached hydrogens (tertiary/aromatic N) is 1. The van der Waals surface area contributed by atoms with Gasteiger partial charge in [0.05, 0.1) is 6.54 Å². The van der Waals surface area contributed by atoms with Gasteiger partial charge in [-0.15, -0.1) is 0 Å². The predicted octanol–water partition coefficient (Wildman–Crippen LogP) is 2.09. The van der Waals surface area contributed by atoms with Gasteiger partial charge in [-0.05, 0) is 23.8 Å². The number of benzene rings is 1. The van der Waals surface area contributed by atoms with E-state index in [4.69, 9.17) is 9.84 Å². The number of hydrogen-bond donors (Lipinski definition) is 1. The minimum Gasteiger partial charge on any atom is -0.492 e. The predicted molar refractivity (Wildman–Crippen MR) is 77.2 cm³/mol. The van der Waals surface area contributed by atoms with Crippen LogP contribution in [-0.4, -0.2) is 22.2 Å². The lowest BCUT2D eigenvalue weighted by molar-refractivity contribution is -0.131. The Balaban J connectivity index is 1.86. The third-order valence-electron chi connectivity index (χ3n) is 2.54. The van der Waals surface area contributed by atoms with E-state index in [1.165, 1.54) is 6.08 Å². The lowest BCUT2D eigenvalue weighted by Gasteiger charge is -2.06. The highest BCUT2D eigenvalue weighted by Crippen LogP contribution is 2.13. The third kappa shape index (κ3) is 4.10. The molecule has 0 aliphatic rings. The number of hydrogen-bond acceptors (Lipinski definition) is 4. The molecule has 20 heavy (non-hydrogen) atoms. The molecule has 1 N–H and O–H groups in total. The highest BCUT2D eigenvalue weighted by Gasteiger charge is 1.98. The van der Waals surface area contributed by atoms with E-state index in [1.54, 1.807) is 40.4 Å². The van der Waals surface area contributed by atoms with Gasteiger partial charge in [0, 0.05) is 17.7 Å². The van der Waals surface area contributed by atoms with Crippen molar-refractivity contribution < 1.29 is 14.6 Å². The summed E-state index contributed by atoms with van der Waals surface area (Å²) in [5.41, 5.74) is 0.786. The van der Waals surface area contributed by atoms with Crippen LogP contribution in [0.15, 0.2) is 46.7 Å². The quantitative estimate of drug-likeness (QED) is 0.827. The Hall–Kier alpha value is -2.34. The number of aromatic nitrogens is 1.